The zero-order valence-electron chi connectivity index (χ0n) is 6.05. The summed E-state index contributed by atoms with van der Waals surface area (Å²) >= 11 is 3.29. The normalized spacial score (nSPS) is 10.2. The molecule has 0 saturated carbocycles. The number of aryl methyl sites for hydroxylation is 1. The van der Waals surface area contributed by atoms with Gasteiger partial charge in [0.15, 0.2) is 5.13 Å². The molecular weight excluding hydrogens is 164 g/mol. The Bertz CT molecular complexity index is 198. The predicted octanol–water partition coefficient (Wildman–Crippen LogP) is 2.01. The van der Waals surface area contributed by atoms with Gasteiger partial charge in [-0.2, -0.15) is 0 Å². The smallest absolute Gasteiger partial charge is 0.181 e. The molecule has 10 heavy (non-hydrogen) atoms. The molecule has 1 aromatic heterocycles. The molecule has 0 spiro atoms. The number of hydrogen-bond donors (Lipinski definition) is 1. The molecule has 4 heteroatoms. The fourth-order valence-corrected chi connectivity index (χ4v) is 2.41. The Balaban J connectivity index is 2.96. The Morgan fingerprint density at radius 2 is 2.40 bits per heavy atom. The van der Waals surface area contributed by atoms with Gasteiger partial charge in [-0.25, -0.2) is 4.98 Å². The van der Waals surface area contributed by atoms with E-state index in [1.807, 2.05) is 6.26 Å². The Morgan fingerprint density at radius 1 is 1.70 bits per heavy atom. The number of nitrogen functional groups attached to an aromatic ring is 1. The van der Waals surface area contributed by atoms with Crippen LogP contribution in [0.4, 0.5) is 5.13 Å². The van der Waals surface area contributed by atoms with Crippen LogP contribution >= 0.6 is 23.1 Å². The van der Waals surface area contributed by atoms with Crippen LogP contribution in [0.2, 0.25) is 0 Å². The second-order valence-electron chi connectivity index (χ2n) is 1.84. The SMILES string of the molecule is CCc1nc(N)sc1SC. The molecule has 0 fully saturated rings. The monoisotopic (exact) mass is 174 g/mol. The molecule has 1 heterocycles. The molecular formula is C6H10N2S2. The molecule has 0 aliphatic rings. The van der Waals surface area contributed by atoms with E-state index in [0.29, 0.717) is 5.13 Å². The number of hydrogen-bond acceptors (Lipinski definition) is 4. The molecule has 1 aromatic rings. The fraction of sp³-hybridized carbons (Fsp3) is 0.500. The van der Waals surface area contributed by atoms with E-state index < -0.39 is 0 Å². The third-order valence-corrected chi connectivity index (χ3v) is 3.28. The molecule has 0 unspecified atom stereocenters. The van der Waals surface area contributed by atoms with Crippen LogP contribution in [0.25, 0.3) is 0 Å². The van der Waals surface area contributed by atoms with Crippen LogP contribution in [0.3, 0.4) is 0 Å². The van der Waals surface area contributed by atoms with Gasteiger partial charge in [0, 0.05) is 0 Å². The second-order valence-corrected chi connectivity index (χ2v) is 3.95. The first-order valence-corrected chi connectivity index (χ1v) is 5.11. The van der Waals surface area contributed by atoms with Crippen molar-refractivity contribution in [3.8, 4) is 0 Å². The zero-order chi connectivity index (χ0) is 7.56. The molecule has 1 rings (SSSR count). The molecule has 0 bridgehead atoms. The first kappa shape index (κ1) is 7.88. The van der Waals surface area contributed by atoms with Crippen molar-refractivity contribution in [3.63, 3.8) is 0 Å². The molecule has 0 aliphatic carbocycles. The Kier molecular flexibility index (Phi) is 2.56. The van der Waals surface area contributed by atoms with Crippen molar-refractivity contribution in [1.82, 2.24) is 4.98 Å². The fourth-order valence-electron chi connectivity index (χ4n) is 0.738. The Morgan fingerprint density at radius 3 is 2.80 bits per heavy atom. The first-order valence-electron chi connectivity index (χ1n) is 3.07. The standard InChI is InChI=1S/C6H10N2S2/c1-3-4-5(9-2)10-6(7)8-4/h3H2,1-2H3,(H2,7,8). The molecule has 0 aliphatic heterocycles. The highest BCUT2D eigenvalue weighted by atomic mass is 32.2. The van der Waals surface area contributed by atoms with Crippen LogP contribution < -0.4 is 5.73 Å². The minimum absolute atomic E-state index is 0.682. The third-order valence-electron chi connectivity index (χ3n) is 1.20. The highest BCUT2D eigenvalue weighted by Crippen LogP contribution is 2.29. The van der Waals surface area contributed by atoms with Crippen LogP contribution in [0, 0.1) is 0 Å². The van der Waals surface area contributed by atoms with Gasteiger partial charge in [-0.05, 0) is 12.7 Å². The van der Waals surface area contributed by atoms with Gasteiger partial charge < -0.3 is 5.73 Å². The average Bonchev–Trinajstić information content (AvgIpc) is 2.30. The Hall–Kier alpha value is -0.220. The van der Waals surface area contributed by atoms with Crippen molar-refractivity contribution >= 4 is 28.2 Å². The van der Waals surface area contributed by atoms with Gasteiger partial charge in [0.25, 0.3) is 0 Å². The highest BCUT2D eigenvalue weighted by Gasteiger charge is 2.04. The summed E-state index contributed by atoms with van der Waals surface area (Å²) in [6.45, 7) is 2.09. The maximum Gasteiger partial charge on any atom is 0.181 e. The summed E-state index contributed by atoms with van der Waals surface area (Å²) in [5.74, 6) is 0. The molecule has 0 atom stereocenters. The number of nitrogens with zero attached hydrogens (tertiary/aromatic N) is 1. The van der Waals surface area contributed by atoms with Crippen molar-refractivity contribution in [2.45, 2.75) is 17.6 Å². The van der Waals surface area contributed by atoms with E-state index in [4.69, 9.17) is 5.73 Å². The van der Waals surface area contributed by atoms with Crippen LogP contribution in [0.1, 0.15) is 12.6 Å². The van der Waals surface area contributed by atoms with Gasteiger partial charge in [-0.15, -0.1) is 11.8 Å². The average molecular weight is 174 g/mol. The van der Waals surface area contributed by atoms with Crippen molar-refractivity contribution in [2.24, 2.45) is 0 Å². The topological polar surface area (TPSA) is 38.9 Å². The summed E-state index contributed by atoms with van der Waals surface area (Å²) in [5.41, 5.74) is 6.66. The number of nitrogens with two attached hydrogens (primary N) is 1. The number of thioether (sulfide) groups is 1. The first-order chi connectivity index (χ1) is 4.77. The van der Waals surface area contributed by atoms with E-state index in [-0.39, 0.29) is 0 Å². The summed E-state index contributed by atoms with van der Waals surface area (Å²) < 4.78 is 1.25. The second kappa shape index (κ2) is 3.25. The largest absolute Gasteiger partial charge is 0.375 e. The number of rotatable bonds is 2. The number of anilines is 1. The lowest BCUT2D eigenvalue weighted by atomic mass is 10.4. The number of aromatic nitrogens is 1. The summed E-state index contributed by atoms with van der Waals surface area (Å²) in [7, 11) is 0. The van der Waals surface area contributed by atoms with Gasteiger partial charge in [0.05, 0.1) is 9.90 Å². The molecule has 0 amide bonds. The maximum absolute atomic E-state index is 5.52. The summed E-state index contributed by atoms with van der Waals surface area (Å²) in [4.78, 5) is 4.18. The Labute approximate surface area is 68.8 Å². The lowest BCUT2D eigenvalue weighted by molar-refractivity contribution is 1.03. The molecule has 2 N–H and O–H groups in total. The minimum atomic E-state index is 0.682. The summed E-state index contributed by atoms with van der Waals surface area (Å²) in [5, 5.41) is 0.682. The third kappa shape index (κ3) is 1.44. The maximum atomic E-state index is 5.52. The van der Waals surface area contributed by atoms with Crippen LogP contribution in [-0.2, 0) is 6.42 Å². The highest BCUT2D eigenvalue weighted by molar-refractivity contribution is 8.00. The van der Waals surface area contributed by atoms with Crippen LogP contribution in [0.15, 0.2) is 4.21 Å². The van der Waals surface area contributed by atoms with E-state index in [1.165, 1.54) is 4.21 Å². The van der Waals surface area contributed by atoms with Gasteiger partial charge >= 0.3 is 0 Å². The van der Waals surface area contributed by atoms with Crippen molar-refractivity contribution in [2.75, 3.05) is 12.0 Å². The van der Waals surface area contributed by atoms with Gasteiger partial charge in [0.2, 0.25) is 0 Å². The van der Waals surface area contributed by atoms with Gasteiger partial charge in [0.1, 0.15) is 0 Å². The van der Waals surface area contributed by atoms with Crippen molar-refractivity contribution < 1.29 is 0 Å². The molecule has 56 valence electrons. The summed E-state index contributed by atoms with van der Waals surface area (Å²) in [6, 6.07) is 0. The van der Waals surface area contributed by atoms with Crippen LogP contribution in [0.5, 0.6) is 0 Å². The van der Waals surface area contributed by atoms with E-state index in [0.717, 1.165) is 12.1 Å². The molecule has 0 aromatic carbocycles. The number of thiazole rings is 1. The minimum Gasteiger partial charge on any atom is -0.375 e. The van der Waals surface area contributed by atoms with E-state index in [2.05, 4.69) is 11.9 Å². The van der Waals surface area contributed by atoms with Gasteiger partial charge in [-0.1, -0.05) is 18.3 Å². The quantitative estimate of drug-likeness (QED) is 0.697. The molecule has 0 radical (unpaired) electrons. The van der Waals surface area contributed by atoms with E-state index in [9.17, 15) is 0 Å². The van der Waals surface area contributed by atoms with Gasteiger partial charge in [-0.3, -0.25) is 0 Å². The van der Waals surface area contributed by atoms with Crippen molar-refractivity contribution in [1.29, 1.82) is 0 Å². The predicted molar refractivity (Wildman–Crippen MR) is 47.7 cm³/mol. The summed E-state index contributed by atoms with van der Waals surface area (Å²) in [6.07, 6.45) is 3.02. The van der Waals surface area contributed by atoms with Crippen LogP contribution in [-0.4, -0.2) is 11.2 Å². The lowest BCUT2D eigenvalue weighted by Crippen LogP contribution is -1.84. The van der Waals surface area contributed by atoms with E-state index in [1.54, 1.807) is 23.1 Å². The van der Waals surface area contributed by atoms with Crippen molar-refractivity contribution in [3.05, 3.63) is 5.69 Å². The molecule has 0 saturated heterocycles. The lowest BCUT2D eigenvalue weighted by Gasteiger charge is -1.90. The zero-order valence-corrected chi connectivity index (χ0v) is 7.68. The molecule has 2 nitrogen and oxygen atoms in total. The van der Waals surface area contributed by atoms with E-state index >= 15 is 0 Å².